The third-order valence-electron chi connectivity index (χ3n) is 2.66. The molecule has 96 valence electrons. The van der Waals surface area contributed by atoms with E-state index >= 15 is 0 Å². The summed E-state index contributed by atoms with van der Waals surface area (Å²) in [6.45, 7) is 1.44. The zero-order chi connectivity index (χ0) is 13.3. The van der Waals surface area contributed by atoms with Crippen molar-refractivity contribution in [2.24, 2.45) is 0 Å². The second kappa shape index (κ2) is 4.60. The lowest BCUT2D eigenvalue weighted by atomic mass is 10.2. The average Bonchev–Trinajstić information content (AvgIpc) is 2.79. The van der Waals surface area contributed by atoms with Crippen LogP contribution >= 0.6 is 0 Å². The molecule has 5 heteroatoms. The third-order valence-corrected chi connectivity index (χ3v) is 2.66. The van der Waals surface area contributed by atoms with Crippen LogP contribution < -0.4 is 14.2 Å². The molecule has 2 rings (SSSR count). The first-order chi connectivity index (χ1) is 8.62. The minimum atomic E-state index is -0.147. The van der Waals surface area contributed by atoms with Crippen LogP contribution in [-0.4, -0.2) is 27.1 Å². The fourth-order valence-electron chi connectivity index (χ4n) is 1.82. The summed E-state index contributed by atoms with van der Waals surface area (Å²) < 4.78 is 21.2. The Morgan fingerprint density at radius 2 is 1.72 bits per heavy atom. The van der Waals surface area contributed by atoms with Gasteiger partial charge in [0.15, 0.2) is 22.9 Å². The van der Waals surface area contributed by atoms with Crippen LogP contribution in [0.1, 0.15) is 17.5 Å². The van der Waals surface area contributed by atoms with Crippen LogP contribution in [0.4, 0.5) is 0 Å². The van der Waals surface area contributed by atoms with Crippen LogP contribution in [0.3, 0.4) is 0 Å². The van der Waals surface area contributed by atoms with E-state index in [0.717, 1.165) is 5.39 Å². The smallest absolute Gasteiger partial charge is 0.208 e. The zero-order valence-corrected chi connectivity index (χ0v) is 10.7. The van der Waals surface area contributed by atoms with E-state index in [4.69, 9.17) is 18.6 Å². The zero-order valence-electron chi connectivity index (χ0n) is 10.7. The molecule has 0 bridgehead atoms. The molecule has 0 unspecified atom stereocenters. The van der Waals surface area contributed by atoms with Gasteiger partial charge in [0, 0.05) is 12.3 Å². The Morgan fingerprint density at radius 3 is 2.22 bits per heavy atom. The lowest BCUT2D eigenvalue weighted by Crippen LogP contribution is -1.94. The van der Waals surface area contributed by atoms with Crippen LogP contribution in [0, 0.1) is 0 Å². The van der Waals surface area contributed by atoms with E-state index in [2.05, 4.69) is 0 Å². The van der Waals surface area contributed by atoms with Crippen molar-refractivity contribution in [3.05, 3.63) is 17.9 Å². The van der Waals surface area contributed by atoms with Gasteiger partial charge >= 0.3 is 0 Å². The first kappa shape index (κ1) is 12.3. The molecule has 0 atom stereocenters. The molecule has 5 nitrogen and oxygen atoms in total. The number of hydrogen-bond donors (Lipinski definition) is 0. The molecule has 1 aromatic heterocycles. The van der Waals surface area contributed by atoms with Crippen molar-refractivity contribution in [1.29, 1.82) is 0 Å². The predicted molar refractivity (Wildman–Crippen MR) is 65.9 cm³/mol. The lowest BCUT2D eigenvalue weighted by Gasteiger charge is -2.11. The summed E-state index contributed by atoms with van der Waals surface area (Å²) in [7, 11) is 4.56. The average molecular weight is 250 g/mol. The number of ketones is 1. The van der Waals surface area contributed by atoms with Crippen molar-refractivity contribution < 1.29 is 23.4 Å². The third kappa shape index (κ3) is 1.77. The van der Waals surface area contributed by atoms with Crippen LogP contribution in [-0.2, 0) is 0 Å². The molecular weight excluding hydrogens is 236 g/mol. The molecule has 0 N–H and O–H groups in total. The summed E-state index contributed by atoms with van der Waals surface area (Å²) >= 11 is 0. The normalized spacial score (nSPS) is 10.4. The highest BCUT2D eigenvalue weighted by Gasteiger charge is 2.20. The number of furan rings is 1. The van der Waals surface area contributed by atoms with Gasteiger partial charge in [-0.1, -0.05) is 0 Å². The molecule has 0 saturated carbocycles. The number of rotatable bonds is 4. The molecule has 0 aliphatic heterocycles. The predicted octanol–water partition coefficient (Wildman–Crippen LogP) is 2.66. The lowest BCUT2D eigenvalue weighted by molar-refractivity contribution is 0.0989. The van der Waals surface area contributed by atoms with Crippen molar-refractivity contribution in [3.8, 4) is 17.2 Å². The van der Waals surface area contributed by atoms with Gasteiger partial charge in [-0.3, -0.25) is 4.79 Å². The maximum atomic E-state index is 11.3. The van der Waals surface area contributed by atoms with Gasteiger partial charge in [0.25, 0.3) is 0 Å². The molecule has 0 aliphatic carbocycles. The number of hydrogen-bond acceptors (Lipinski definition) is 5. The number of benzene rings is 1. The van der Waals surface area contributed by atoms with Gasteiger partial charge in [-0.2, -0.15) is 0 Å². The topological polar surface area (TPSA) is 57.9 Å². The summed E-state index contributed by atoms with van der Waals surface area (Å²) in [4.78, 5) is 11.3. The second-order valence-electron chi connectivity index (χ2n) is 3.73. The molecule has 2 aromatic rings. The maximum absolute atomic E-state index is 11.3. The summed E-state index contributed by atoms with van der Waals surface area (Å²) in [5.74, 6) is 1.51. The SMILES string of the molecule is COc1cc2cc(C(C)=O)oc2c(OC)c1OC. The fourth-order valence-corrected chi connectivity index (χ4v) is 1.82. The number of Topliss-reactive ketones (excluding diaryl/α,β-unsaturated/α-hetero) is 1. The Kier molecular flexibility index (Phi) is 3.14. The van der Waals surface area contributed by atoms with Gasteiger partial charge in [-0.05, 0) is 12.1 Å². The summed E-state index contributed by atoms with van der Waals surface area (Å²) in [5.41, 5.74) is 0.473. The molecule has 0 amide bonds. The summed E-state index contributed by atoms with van der Waals surface area (Å²) in [6.07, 6.45) is 0. The van der Waals surface area contributed by atoms with Gasteiger partial charge in [-0.25, -0.2) is 0 Å². The van der Waals surface area contributed by atoms with Crippen LogP contribution in [0.25, 0.3) is 11.0 Å². The number of fused-ring (bicyclic) bond motifs is 1. The number of carbonyl (C=O) groups excluding carboxylic acids is 1. The van der Waals surface area contributed by atoms with Crippen molar-refractivity contribution in [2.45, 2.75) is 6.92 Å². The minimum absolute atomic E-state index is 0.147. The van der Waals surface area contributed by atoms with Gasteiger partial charge < -0.3 is 18.6 Å². The molecule has 0 saturated heterocycles. The monoisotopic (exact) mass is 250 g/mol. The molecular formula is C13H14O5. The largest absolute Gasteiger partial charge is 0.493 e. The minimum Gasteiger partial charge on any atom is -0.493 e. The van der Waals surface area contributed by atoms with Crippen LogP contribution in [0.15, 0.2) is 16.5 Å². The molecule has 0 radical (unpaired) electrons. The Morgan fingerprint density at radius 1 is 1.06 bits per heavy atom. The van der Waals surface area contributed by atoms with E-state index in [-0.39, 0.29) is 11.5 Å². The van der Waals surface area contributed by atoms with E-state index in [0.29, 0.717) is 22.8 Å². The fraction of sp³-hybridized carbons (Fsp3) is 0.308. The first-order valence-corrected chi connectivity index (χ1v) is 5.35. The first-order valence-electron chi connectivity index (χ1n) is 5.35. The van der Waals surface area contributed by atoms with Gasteiger partial charge in [-0.15, -0.1) is 0 Å². The molecule has 1 heterocycles. The van der Waals surface area contributed by atoms with E-state index in [1.165, 1.54) is 28.3 Å². The highest BCUT2D eigenvalue weighted by Crippen LogP contribution is 2.44. The quantitative estimate of drug-likeness (QED) is 0.781. The number of methoxy groups -OCH3 is 3. The van der Waals surface area contributed by atoms with E-state index < -0.39 is 0 Å². The number of carbonyl (C=O) groups is 1. The Balaban J connectivity index is 2.79. The molecule has 1 aromatic carbocycles. The Hall–Kier alpha value is -2.17. The highest BCUT2D eigenvalue weighted by molar-refractivity contribution is 5.98. The molecule has 0 aliphatic rings. The van der Waals surface area contributed by atoms with Crippen molar-refractivity contribution >= 4 is 16.8 Å². The number of ether oxygens (including phenoxy) is 3. The van der Waals surface area contributed by atoms with Crippen LogP contribution in [0.2, 0.25) is 0 Å². The van der Waals surface area contributed by atoms with E-state index in [1.54, 1.807) is 12.1 Å². The molecule has 0 spiro atoms. The van der Waals surface area contributed by atoms with Gasteiger partial charge in [0.1, 0.15) is 0 Å². The van der Waals surface area contributed by atoms with Gasteiger partial charge in [0.2, 0.25) is 11.5 Å². The standard InChI is InChI=1S/C13H14O5/c1-7(14)9-5-8-6-10(15-2)12(16-3)13(17-4)11(8)18-9/h5-6H,1-4H3. The molecule has 0 fully saturated rings. The van der Waals surface area contributed by atoms with Crippen molar-refractivity contribution in [1.82, 2.24) is 0 Å². The maximum Gasteiger partial charge on any atom is 0.208 e. The molecule has 18 heavy (non-hydrogen) atoms. The summed E-state index contributed by atoms with van der Waals surface area (Å²) in [5, 5.41) is 0.731. The summed E-state index contributed by atoms with van der Waals surface area (Å²) in [6, 6.07) is 3.40. The van der Waals surface area contributed by atoms with E-state index in [1.807, 2.05) is 0 Å². The highest BCUT2D eigenvalue weighted by atomic mass is 16.5. The Bertz CT molecular complexity index is 597. The van der Waals surface area contributed by atoms with Crippen LogP contribution in [0.5, 0.6) is 17.2 Å². The second-order valence-corrected chi connectivity index (χ2v) is 3.73. The van der Waals surface area contributed by atoms with E-state index in [9.17, 15) is 4.79 Å². The van der Waals surface area contributed by atoms with Gasteiger partial charge in [0.05, 0.1) is 21.3 Å². The van der Waals surface area contributed by atoms with Crippen molar-refractivity contribution in [3.63, 3.8) is 0 Å². The Labute approximate surface area is 104 Å². The van der Waals surface area contributed by atoms with Crippen molar-refractivity contribution in [2.75, 3.05) is 21.3 Å².